The number of piperazine rings is 1. The van der Waals surface area contributed by atoms with Gasteiger partial charge in [0, 0.05) is 63.3 Å². The molecule has 8 nitrogen and oxygen atoms in total. The Morgan fingerprint density at radius 3 is 2.10 bits per heavy atom. The van der Waals surface area contributed by atoms with Crippen LogP contribution in [-0.2, 0) is 13.0 Å². The number of benzene rings is 2. The summed E-state index contributed by atoms with van der Waals surface area (Å²) in [5.41, 5.74) is 5.07. The van der Waals surface area contributed by atoms with Gasteiger partial charge in [0.25, 0.3) is 5.91 Å². The molecule has 1 saturated heterocycles. The number of methoxy groups -OCH3 is 1. The van der Waals surface area contributed by atoms with Crippen molar-refractivity contribution in [1.29, 1.82) is 0 Å². The van der Waals surface area contributed by atoms with E-state index >= 15 is 0 Å². The molecule has 0 spiro atoms. The van der Waals surface area contributed by atoms with Gasteiger partial charge in [-0.3, -0.25) is 9.20 Å². The van der Waals surface area contributed by atoms with Gasteiger partial charge in [-0.2, -0.15) is 8.78 Å². The van der Waals surface area contributed by atoms with Gasteiger partial charge in [-0.05, 0) is 54.4 Å². The molecule has 0 bridgehead atoms. The Bertz CT molecular complexity index is 1460. The molecular formula is C30H33F2N5O3. The highest BCUT2D eigenvalue weighted by atomic mass is 19.3. The lowest BCUT2D eigenvalue weighted by Crippen LogP contribution is -2.46. The third-order valence-corrected chi connectivity index (χ3v) is 6.99. The van der Waals surface area contributed by atoms with E-state index in [2.05, 4.69) is 37.0 Å². The maximum absolute atomic E-state index is 13.1. The number of pyridine rings is 1. The van der Waals surface area contributed by atoms with E-state index in [1.54, 1.807) is 29.8 Å². The molecule has 2 aromatic carbocycles. The molecule has 0 unspecified atom stereocenters. The first-order valence-electron chi connectivity index (χ1n) is 13.3. The van der Waals surface area contributed by atoms with Crippen molar-refractivity contribution in [3.8, 4) is 11.5 Å². The Labute approximate surface area is 232 Å². The summed E-state index contributed by atoms with van der Waals surface area (Å²) in [6.45, 7) is 6.41. The van der Waals surface area contributed by atoms with E-state index < -0.39 is 6.11 Å². The van der Waals surface area contributed by atoms with Crippen molar-refractivity contribution < 1.29 is 23.0 Å². The molecule has 0 saturated carbocycles. The van der Waals surface area contributed by atoms with E-state index in [9.17, 15) is 13.6 Å². The Balaban J connectivity index is 1.16. The summed E-state index contributed by atoms with van der Waals surface area (Å²) in [5.74, 6) is 0.674. The lowest BCUT2D eigenvalue weighted by Gasteiger charge is -2.37. The number of carbonyl (C=O) groups excluding carboxylic acids is 1. The Morgan fingerprint density at radius 1 is 0.950 bits per heavy atom. The molecule has 1 amide bonds. The van der Waals surface area contributed by atoms with Crippen molar-refractivity contribution in [2.24, 2.45) is 0 Å². The van der Waals surface area contributed by atoms with Crippen molar-refractivity contribution in [3.63, 3.8) is 0 Å². The monoisotopic (exact) mass is 549 g/mol. The molecule has 4 aromatic rings. The second-order valence-corrected chi connectivity index (χ2v) is 9.78. The van der Waals surface area contributed by atoms with Crippen LogP contribution in [0.5, 0.6) is 11.5 Å². The van der Waals surface area contributed by atoms with E-state index in [1.807, 2.05) is 43.3 Å². The van der Waals surface area contributed by atoms with Gasteiger partial charge in [0.15, 0.2) is 0 Å². The molecule has 3 heterocycles. The number of alkyl halides is 2. The van der Waals surface area contributed by atoms with Gasteiger partial charge in [0.2, 0.25) is 0 Å². The standard InChI is InChI=1S/C30H33F2N5O3/c1-4-26-28(37-14-13-25(39-3)19-27(37)34-26)29(38)33-20-21-5-7-22(8-6-21)35-15-17-36(18-16-35)23-9-11-24(12-10-23)40-30(2,31)32/h5-14,19H,4,15-18,20H2,1-3H3,(H,33,38). The number of hydrogen-bond acceptors (Lipinski definition) is 6. The summed E-state index contributed by atoms with van der Waals surface area (Å²) < 4.78 is 37.8. The normalized spacial score (nSPS) is 13.9. The predicted octanol–water partition coefficient (Wildman–Crippen LogP) is 5.15. The summed E-state index contributed by atoms with van der Waals surface area (Å²) in [5, 5.41) is 3.03. The van der Waals surface area contributed by atoms with Crippen LogP contribution in [-0.4, -0.2) is 54.7 Å². The van der Waals surface area contributed by atoms with Crippen LogP contribution in [0.1, 0.15) is 35.6 Å². The quantitative estimate of drug-likeness (QED) is 0.311. The number of halogens is 2. The van der Waals surface area contributed by atoms with Gasteiger partial charge in [0.1, 0.15) is 22.8 Å². The minimum Gasteiger partial charge on any atom is -0.497 e. The van der Waals surface area contributed by atoms with Crippen LogP contribution in [0.2, 0.25) is 0 Å². The zero-order chi connectivity index (χ0) is 28.3. The number of carbonyl (C=O) groups is 1. The zero-order valence-electron chi connectivity index (χ0n) is 22.9. The van der Waals surface area contributed by atoms with Crippen LogP contribution in [0.25, 0.3) is 5.65 Å². The molecule has 1 aliphatic heterocycles. The van der Waals surface area contributed by atoms with Crippen molar-refractivity contribution >= 4 is 22.9 Å². The number of fused-ring (bicyclic) bond motifs is 1. The first-order valence-corrected chi connectivity index (χ1v) is 13.3. The molecule has 210 valence electrons. The van der Waals surface area contributed by atoms with Crippen LogP contribution in [0.4, 0.5) is 20.2 Å². The molecule has 1 fully saturated rings. The topological polar surface area (TPSA) is 71.3 Å². The van der Waals surface area contributed by atoms with E-state index in [0.29, 0.717) is 30.1 Å². The summed E-state index contributed by atoms with van der Waals surface area (Å²) in [6.07, 6.45) is -0.746. The lowest BCUT2D eigenvalue weighted by molar-refractivity contribution is -0.158. The van der Waals surface area contributed by atoms with Crippen molar-refractivity contribution in [2.45, 2.75) is 32.9 Å². The third-order valence-electron chi connectivity index (χ3n) is 6.99. The fourth-order valence-corrected chi connectivity index (χ4v) is 4.93. The fraction of sp³-hybridized carbons (Fsp3) is 0.333. The van der Waals surface area contributed by atoms with Gasteiger partial charge < -0.3 is 24.6 Å². The highest BCUT2D eigenvalue weighted by Gasteiger charge is 2.24. The van der Waals surface area contributed by atoms with Crippen LogP contribution in [0, 0.1) is 0 Å². The summed E-state index contributed by atoms with van der Waals surface area (Å²) >= 11 is 0. The summed E-state index contributed by atoms with van der Waals surface area (Å²) in [4.78, 5) is 22.3. The molecule has 2 aromatic heterocycles. The number of anilines is 2. The van der Waals surface area contributed by atoms with Crippen LogP contribution < -0.4 is 24.6 Å². The number of rotatable bonds is 9. The number of nitrogens with one attached hydrogen (secondary N) is 1. The number of amides is 1. The average molecular weight is 550 g/mol. The molecule has 0 aliphatic carbocycles. The maximum Gasteiger partial charge on any atom is 0.394 e. The molecule has 0 radical (unpaired) electrons. The Hall–Kier alpha value is -4.34. The second-order valence-electron chi connectivity index (χ2n) is 9.78. The molecule has 1 N–H and O–H groups in total. The number of aryl methyl sites for hydroxylation is 1. The number of aromatic nitrogens is 2. The molecule has 0 atom stereocenters. The zero-order valence-corrected chi connectivity index (χ0v) is 22.9. The van der Waals surface area contributed by atoms with Crippen molar-refractivity contribution in [1.82, 2.24) is 14.7 Å². The SMILES string of the molecule is CCc1nc2cc(OC)ccn2c1C(=O)NCc1ccc(N2CCN(c3ccc(OC(C)(F)F)cc3)CC2)cc1. The van der Waals surface area contributed by atoms with Gasteiger partial charge in [-0.1, -0.05) is 19.1 Å². The molecule has 40 heavy (non-hydrogen) atoms. The highest BCUT2D eigenvalue weighted by molar-refractivity contribution is 5.94. The smallest absolute Gasteiger partial charge is 0.394 e. The predicted molar refractivity (Wildman–Crippen MR) is 151 cm³/mol. The van der Waals surface area contributed by atoms with Gasteiger partial charge >= 0.3 is 6.11 Å². The number of hydrogen-bond donors (Lipinski definition) is 1. The molecular weight excluding hydrogens is 516 g/mol. The van der Waals surface area contributed by atoms with E-state index in [-0.39, 0.29) is 11.7 Å². The van der Waals surface area contributed by atoms with Gasteiger partial charge in [-0.15, -0.1) is 0 Å². The number of imidazole rings is 1. The first-order chi connectivity index (χ1) is 19.2. The molecule has 1 aliphatic rings. The Kier molecular flexibility index (Phi) is 7.77. The van der Waals surface area contributed by atoms with Gasteiger partial charge in [-0.25, -0.2) is 4.98 Å². The fourth-order valence-electron chi connectivity index (χ4n) is 4.93. The first kappa shape index (κ1) is 27.2. The van der Waals surface area contributed by atoms with Crippen LogP contribution >= 0.6 is 0 Å². The van der Waals surface area contributed by atoms with E-state index in [1.165, 1.54) is 0 Å². The minimum absolute atomic E-state index is 0.149. The van der Waals surface area contributed by atoms with Crippen LogP contribution in [0.15, 0.2) is 66.9 Å². The molecule has 5 rings (SSSR count). The summed E-state index contributed by atoms with van der Waals surface area (Å²) in [6, 6.07) is 18.6. The Morgan fingerprint density at radius 2 is 1.55 bits per heavy atom. The highest BCUT2D eigenvalue weighted by Crippen LogP contribution is 2.26. The average Bonchev–Trinajstić information content (AvgIpc) is 3.34. The van der Waals surface area contributed by atoms with Crippen molar-refractivity contribution in [3.05, 3.63) is 83.8 Å². The van der Waals surface area contributed by atoms with E-state index in [4.69, 9.17) is 4.74 Å². The third kappa shape index (κ3) is 6.11. The maximum atomic E-state index is 13.1. The van der Waals surface area contributed by atoms with Crippen LogP contribution in [0.3, 0.4) is 0 Å². The van der Waals surface area contributed by atoms with E-state index in [0.717, 1.165) is 55.7 Å². The lowest BCUT2D eigenvalue weighted by atomic mass is 10.1. The summed E-state index contributed by atoms with van der Waals surface area (Å²) in [7, 11) is 1.60. The number of nitrogens with zero attached hydrogens (tertiary/aromatic N) is 4. The van der Waals surface area contributed by atoms with Crippen molar-refractivity contribution in [2.75, 3.05) is 43.1 Å². The van der Waals surface area contributed by atoms with Gasteiger partial charge in [0.05, 0.1) is 12.8 Å². The molecule has 10 heteroatoms. The minimum atomic E-state index is -3.20. The largest absolute Gasteiger partial charge is 0.497 e. The number of ether oxygens (including phenoxy) is 2. The second kappa shape index (κ2) is 11.4.